The Morgan fingerprint density at radius 2 is 1.78 bits per heavy atom. The third-order valence-electron chi connectivity index (χ3n) is 14.1. The topological polar surface area (TPSA) is 152 Å². The minimum atomic E-state index is -3.22. The van der Waals surface area contributed by atoms with Gasteiger partial charge in [-0.15, -0.1) is 0 Å². The monoisotopic (exact) mass is 904 g/mol. The Balaban J connectivity index is 0.794. The Bertz CT molecular complexity index is 2770. The Morgan fingerprint density at radius 3 is 2.52 bits per heavy atom. The number of carbonyl (C=O) groups is 2. The number of aryl methyl sites for hydroxylation is 2. The number of hydrogen-bond acceptors (Lipinski definition) is 11. The van der Waals surface area contributed by atoms with E-state index in [4.69, 9.17) is 21.3 Å². The van der Waals surface area contributed by atoms with Crippen LogP contribution in [0.5, 0.6) is 5.75 Å². The highest BCUT2D eigenvalue weighted by atomic mass is 35.5. The molecule has 3 N–H and O–H groups in total. The van der Waals surface area contributed by atoms with Gasteiger partial charge in [-0.05, 0) is 86.9 Å². The first-order valence-electron chi connectivity index (χ1n) is 22.0. The van der Waals surface area contributed by atoms with Gasteiger partial charge in [0.1, 0.15) is 16.4 Å². The van der Waals surface area contributed by atoms with Gasteiger partial charge in [-0.3, -0.25) is 24.4 Å². The van der Waals surface area contributed by atoms with Gasteiger partial charge in [0.25, 0.3) is 5.56 Å². The Hall–Kier alpha value is -5.49. The van der Waals surface area contributed by atoms with Crippen molar-refractivity contribution in [2.45, 2.75) is 75.7 Å². The summed E-state index contributed by atoms with van der Waals surface area (Å²) in [6.07, 6.45) is 5.79. The highest BCUT2D eigenvalue weighted by molar-refractivity contribution is 6.33. The lowest BCUT2D eigenvalue weighted by atomic mass is 9.84. The molecule has 0 spiro atoms. The summed E-state index contributed by atoms with van der Waals surface area (Å²) < 4.78 is 70.6. The summed E-state index contributed by atoms with van der Waals surface area (Å²) in [6.45, 7) is 5.21. The lowest BCUT2D eigenvalue weighted by Gasteiger charge is -2.41. The second-order valence-electron chi connectivity index (χ2n) is 18.3. The third-order valence-corrected chi connectivity index (χ3v) is 14.4. The molecule has 10 rings (SSSR count). The molecule has 1 saturated carbocycles. The molecule has 4 fully saturated rings. The Labute approximate surface area is 370 Å². The molecular weight excluding hydrogens is 856 g/mol. The average molecular weight is 905 g/mol. The number of hydrogen-bond donors (Lipinski definition) is 3. The van der Waals surface area contributed by atoms with Gasteiger partial charge in [0, 0.05) is 57.0 Å². The van der Waals surface area contributed by atoms with Crippen LogP contribution in [0.25, 0.3) is 21.8 Å². The van der Waals surface area contributed by atoms with Crippen molar-refractivity contribution in [3.63, 3.8) is 0 Å². The molecule has 5 aromatic rings. The number of amides is 2. The molecule has 1 aliphatic carbocycles. The predicted molar refractivity (Wildman–Crippen MR) is 234 cm³/mol. The number of rotatable bonds is 8. The van der Waals surface area contributed by atoms with Crippen LogP contribution in [0.3, 0.4) is 0 Å². The highest BCUT2D eigenvalue weighted by Crippen LogP contribution is 2.46. The number of imide groups is 1. The minimum absolute atomic E-state index is 0.0179. The van der Waals surface area contributed by atoms with Gasteiger partial charge in [0.2, 0.25) is 23.5 Å². The third kappa shape index (κ3) is 7.59. The first-order chi connectivity index (χ1) is 30.6. The molecule has 2 aromatic carbocycles. The zero-order chi connectivity index (χ0) is 44.8. The molecule has 1 unspecified atom stereocenters. The van der Waals surface area contributed by atoms with Crippen molar-refractivity contribution in [3.05, 3.63) is 68.7 Å². The SMILES string of the molecule is C[C@@H]1CN(c2ncc(Cl)c(Nc3cc4c5c(c(=O)n(C)c4cc3F)OCC(F)(F)[C@H](C3CC3)N5)n2)CC[C@@H]1CN1CCC(c2ccc3c(C4CCC(=O)NC4=O)nn(C)c3c2F)CC1. The number of alkyl halides is 2. The molecule has 4 aliphatic heterocycles. The lowest BCUT2D eigenvalue weighted by molar-refractivity contribution is -0.134. The van der Waals surface area contributed by atoms with Crippen LogP contribution < -0.4 is 31.1 Å². The van der Waals surface area contributed by atoms with Crippen molar-refractivity contribution in [2.75, 3.05) is 54.9 Å². The molecule has 5 aliphatic rings. The number of nitrogens with one attached hydrogen (secondary N) is 3. The van der Waals surface area contributed by atoms with Crippen molar-refractivity contribution in [1.82, 2.24) is 34.5 Å². The largest absolute Gasteiger partial charge is 0.480 e. The second kappa shape index (κ2) is 16.2. The van der Waals surface area contributed by atoms with E-state index in [-0.39, 0.29) is 69.4 Å². The number of ether oxygens (including phenoxy) is 1. The van der Waals surface area contributed by atoms with Gasteiger partial charge in [-0.1, -0.05) is 30.7 Å². The van der Waals surface area contributed by atoms with Crippen LogP contribution in [0.2, 0.25) is 5.02 Å². The van der Waals surface area contributed by atoms with E-state index in [9.17, 15) is 14.4 Å². The van der Waals surface area contributed by atoms with Crippen molar-refractivity contribution in [3.8, 4) is 5.75 Å². The molecule has 0 bridgehead atoms. The number of pyridine rings is 1. The smallest absolute Gasteiger partial charge is 0.301 e. The quantitative estimate of drug-likeness (QED) is 0.109. The summed E-state index contributed by atoms with van der Waals surface area (Å²) in [7, 11) is 3.13. The maximum absolute atomic E-state index is 16.2. The van der Waals surface area contributed by atoms with Crippen LogP contribution in [0.1, 0.15) is 75.0 Å². The molecule has 7 heterocycles. The van der Waals surface area contributed by atoms with E-state index in [2.05, 4.69) is 42.8 Å². The second-order valence-corrected chi connectivity index (χ2v) is 18.7. The van der Waals surface area contributed by atoms with E-state index >= 15 is 17.6 Å². The van der Waals surface area contributed by atoms with E-state index in [0.29, 0.717) is 71.8 Å². The van der Waals surface area contributed by atoms with Crippen molar-refractivity contribution < 1.29 is 31.9 Å². The maximum Gasteiger partial charge on any atom is 0.301 e. The summed E-state index contributed by atoms with van der Waals surface area (Å²) in [5.74, 6) is -4.70. The molecule has 4 atom stereocenters. The minimum Gasteiger partial charge on any atom is -0.480 e. The van der Waals surface area contributed by atoms with Gasteiger partial charge >= 0.3 is 5.92 Å². The van der Waals surface area contributed by atoms with Crippen LogP contribution in [0.15, 0.2) is 35.3 Å². The maximum atomic E-state index is 16.2. The molecule has 64 heavy (non-hydrogen) atoms. The Kier molecular flexibility index (Phi) is 10.7. The summed E-state index contributed by atoms with van der Waals surface area (Å²) in [4.78, 5) is 51.4. The standard InChI is InChI=1S/C45H49ClF4N10O4/c1-22-19-60(15-12-25(22)20-59-13-10-23(11-14-59)26-6-7-27-36(56-58(3)38(27)35(26)48)28-8-9-34(61)53-42(28)62)44-51-18-30(46)41(55-44)52-32-16-29-33(17-31(32)47)57(2)43(63)39-37(29)54-40(24-4-5-24)45(49,50)21-64-39/h6-7,16-18,22-25,28,40,54H,4-5,8-15,19-21H2,1-3H3,(H,51,52,55)(H,53,61,62)/t22-,25-,28?,40+/m1/s1. The molecule has 338 valence electrons. The first kappa shape index (κ1) is 42.5. The summed E-state index contributed by atoms with van der Waals surface area (Å²) in [5, 5.41) is 13.9. The van der Waals surface area contributed by atoms with E-state index < -0.39 is 41.8 Å². The number of aromatic nitrogens is 5. The zero-order valence-corrected chi connectivity index (χ0v) is 36.5. The van der Waals surface area contributed by atoms with E-state index in [1.54, 1.807) is 7.05 Å². The molecule has 3 aromatic heterocycles. The van der Waals surface area contributed by atoms with E-state index in [1.807, 2.05) is 12.1 Å². The van der Waals surface area contributed by atoms with Crippen molar-refractivity contribution in [2.24, 2.45) is 31.8 Å². The number of benzene rings is 2. The van der Waals surface area contributed by atoms with Crippen LogP contribution >= 0.6 is 11.6 Å². The van der Waals surface area contributed by atoms with Gasteiger partial charge in [0.15, 0.2) is 18.2 Å². The van der Waals surface area contributed by atoms with Crippen molar-refractivity contribution in [1.29, 1.82) is 0 Å². The highest BCUT2D eigenvalue weighted by Gasteiger charge is 2.51. The van der Waals surface area contributed by atoms with Crippen LogP contribution in [0.4, 0.5) is 40.7 Å². The number of carbonyl (C=O) groups excluding carboxylic acids is 2. The fraction of sp³-hybridized carbons (Fsp3) is 0.511. The normalized spacial score (nSPS) is 24.3. The first-order valence-corrected chi connectivity index (χ1v) is 22.4. The predicted octanol–water partition coefficient (Wildman–Crippen LogP) is 6.97. The molecular formula is C45H49ClF4N10O4. The number of nitrogens with zero attached hydrogens (tertiary/aromatic N) is 7. The van der Waals surface area contributed by atoms with E-state index in [1.165, 1.54) is 34.6 Å². The molecule has 2 amide bonds. The summed E-state index contributed by atoms with van der Waals surface area (Å²) in [5.41, 5.74) is 1.18. The fourth-order valence-corrected chi connectivity index (χ4v) is 10.5. The number of piperidine rings is 3. The molecule has 14 nitrogen and oxygen atoms in total. The van der Waals surface area contributed by atoms with Crippen LogP contribution in [-0.4, -0.2) is 92.3 Å². The van der Waals surface area contributed by atoms with Crippen molar-refractivity contribution >= 4 is 68.4 Å². The van der Waals surface area contributed by atoms with Gasteiger partial charge in [-0.2, -0.15) is 10.1 Å². The van der Waals surface area contributed by atoms with Crippen LogP contribution in [0, 0.1) is 29.4 Å². The molecule has 19 heteroatoms. The van der Waals surface area contributed by atoms with E-state index in [0.717, 1.165) is 38.9 Å². The van der Waals surface area contributed by atoms with Gasteiger partial charge in [-0.25, -0.2) is 22.5 Å². The summed E-state index contributed by atoms with van der Waals surface area (Å²) >= 11 is 6.58. The van der Waals surface area contributed by atoms with Crippen LogP contribution in [-0.2, 0) is 23.7 Å². The molecule has 0 radical (unpaired) electrons. The fourth-order valence-electron chi connectivity index (χ4n) is 10.3. The number of likely N-dealkylation sites (tertiary alicyclic amines) is 1. The number of halogens is 5. The average Bonchev–Trinajstić information content (AvgIpc) is 4.06. The number of fused-ring (bicyclic) bond motifs is 4. The summed E-state index contributed by atoms with van der Waals surface area (Å²) in [6, 6.07) is 5.11. The van der Waals surface area contributed by atoms with Gasteiger partial charge < -0.3 is 29.7 Å². The van der Waals surface area contributed by atoms with Gasteiger partial charge in [0.05, 0.1) is 40.7 Å². The number of anilines is 4. The zero-order valence-electron chi connectivity index (χ0n) is 35.7. The Morgan fingerprint density at radius 1 is 1.00 bits per heavy atom. The lowest BCUT2D eigenvalue weighted by Crippen LogP contribution is -2.45. The molecule has 3 saturated heterocycles.